The lowest BCUT2D eigenvalue weighted by Crippen LogP contribution is -2.43. The number of amides is 1. The topological polar surface area (TPSA) is 89.0 Å². The highest BCUT2D eigenvalue weighted by Crippen LogP contribution is 2.29. The molecule has 1 fully saturated rings. The van der Waals surface area contributed by atoms with Crippen molar-refractivity contribution in [2.24, 2.45) is 0 Å². The first kappa shape index (κ1) is 20.9. The van der Waals surface area contributed by atoms with E-state index in [1.165, 1.54) is 4.90 Å². The van der Waals surface area contributed by atoms with E-state index in [2.05, 4.69) is 4.98 Å². The number of aliphatic carboxylic acids is 1. The number of hydrogen-bond donors (Lipinski definition) is 1. The lowest BCUT2D eigenvalue weighted by Gasteiger charge is -2.26. The van der Waals surface area contributed by atoms with Crippen LogP contribution in [-0.2, 0) is 9.53 Å². The number of carboxylic acid groups (broad SMARTS) is 1. The van der Waals surface area contributed by atoms with E-state index in [4.69, 9.17) is 21.1 Å². The number of ether oxygens (including phenoxy) is 2. The Labute approximate surface area is 174 Å². The van der Waals surface area contributed by atoms with Crippen molar-refractivity contribution >= 4 is 23.7 Å². The van der Waals surface area contributed by atoms with Crippen LogP contribution in [0.1, 0.15) is 27.2 Å². The van der Waals surface area contributed by atoms with Crippen LogP contribution in [0, 0.1) is 0 Å². The molecule has 7 nitrogen and oxygen atoms in total. The monoisotopic (exact) mass is 418 g/mol. The number of nitrogens with zero attached hydrogens (tertiary/aromatic N) is 2. The van der Waals surface area contributed by atoms with Gasteiger partial charge in [0.25, 0.3) is 0 Å². The summed E-state index contributed by atoms with van der Waals surface area (Å²) < 4.78 is 11.3. The van der Waals surface area contributed by atoms with Crippen LogP contribution in [0.15, 0.2) is 42.5 Å². The second kappa shape index (κ2) is 8.29. The summed E-state index contributed by atoms with van der Waals surface area (Å²) in [5.41, 5.74) is 0.803. The molecule has 1 aliphatic heterocycles. The Balaban J connectivity index is 1.78. The molecular formula is C21H23ClN2O5. The highest BCUT2D eigenvalue weighted by molar-refractivity contribution is 6.29. The molecule has 1 aromatic heterocycles. The number of rotatable bonds is 4. The molecule has 1 unspecified atom stereocenters. The molecule has 1 amide bonds. The van der Waals surface area contributed by atoms with Gasteiger partial charge in [-0.2, -0.15) is 0 Å². The summed E-state index contributed by atoms with van der Waals surface area (Å²) in [7, 11) is 0. The van der Waals surface area contributed by atoms with Crippen molar-refractivity contribution in [2.45, 2.75) is 44.9 Å². The molecule has 1 N–H and O–H groups in total. The van der Waals surface area contributed by atoms with Gasteiger partial charge in [0.15, 0.2) is 0 Å². The Bertz CT molecular complexity index is 898. The van der Waals surface area contributed by atoms with Gasteiger partial charge in [-0.3, -0.25) is 4.90 Å². The molecule has 1 aliphatic rings. The number of aromatic nitrogens is 1. The predicted molar refractivity (Wildman–Crippen MR) is 108 cm³/mol. The highest BCUT2D eigenvalue weighted by Gasteiger charge is 2.42. The molecule has 2 aromatic rings. The number of halogens is 1. The van der Waals surface area contributed by atoms with Crippen molar-refractivity contribution in [1.82, 2.24) is 9.88 Å². The minimum absolute atomic E-state index is 0.104. The van der Waals surface area contributed by atoms with Gasteiger partial charge in [-0.15, -0.1) is 0 Å². The summed E-state index contributed by atoms with van der Waals surface area (Å²) in [6, 6.07) is 11.8. The van der Waals surface area contributed by atoms with E-state index in [-0.39, 0.29) is 18.1 Å². The van der Waals surface area contributed by atoms with Crippen LogP contribution < -0.4 is 4.74 Å². The van der Waals surface area contributed by atoms with Crippen LogP contribution in [0.4, 0.5) is 4.79 Å². The van der Waals surface area contributed by atoms with E-state index < -0.39 is 29.8 Å². The first-order valence-electron chi connectivity index (χ1n) is 9.24. The summed E-state index contributed by atoms with van der Waals surface area (Å²) in [6.07, 6.45) is -1.03. The molecule has 0 bridgehead atoms. The Kier molecular flexibility index (Phi) is 5.98. The van der Waals surface area contributed by atoms with Gasteiger partial charge in [0.05, 0.1) is 12.2 Å². The van der Waals surface area contributed by atoms with Crippen LogP contribution >= 0.6 is 11.6 Å². The molecule has 1 saturated heterocycles. The third-order valence-electron chi connectivity index (χ3n) is 4.32. The van der Waals surface area contributed by atoms with Gasteiger partial charge in [0.1, 0.15) is 28.6 Å². The van der Waals surface area contributed by atoms with Crippen molar-refractivity contribution in [3.05, 3.63) is 47.6 Å². The van der Waals surface area contributed by atoms with E-state index in [0.717, 1.165) is 5.56 Å². The first-order valence-corrected chi connectivity index (χ1v) is 9.62. The summed E-state index contributed by atoms with van der Waals surface area (Å²) in [5, 5.41) is 9.78. The summed E-state index contributed by atoms with van der Waals surface area (Å²) in [6.45, 7) is 5.30. The van der Waals surface area contributed by atoms with Crippen molar-refractivity contribution < 1.29 is 24.2 Å². The van der Waals surface area contributed by atoms with Crippen LogP contribution in [0.25, 0.3) is 11.3 Å². The molecule has 3 rings (SSSR count). The fourth-order valence-corrected chi connectivity index (χ4v) is 3.33. The van der Waals surface area contributed by atoms with E-state index in [0.29, 0.717) is 11.4 Å². The maximum Gasteiger partial charge on any atom is 0.411 e. The highest BCUT2D eigenvalue weighted by atomic mass is 35.5. The Morgan fingerprint density at radius 2 is 1.90 bits per heavy atom. The summed E-state index contributed by atoms with van der Waals surface area (Å²) >= 11 is 6.15. The standard InChI is InChI=1S/C21H23ClN2O5/c1-21(2,3)29-20(27)24-12-15(10-17(24)19(25)26)28-14-9-16(23-18(22)11-14)13-7-5-4-6-8-13/h4-9,11,15,17H,10,12H2,1-3H3,(H,25,26)/t15?,17-/m0/s1. The number of carboxylic acids is 1. The van der Waals surface area contributed by atoms with Crippen molar-refractivity contribution in [1.29, 1.82) is 0 Å². The predicted octanol–water partition coefficient (Wildman–Crippen LogP) is 4.24. The van der Waals surface area contributed by atoms with Crippen LogP contribution in [0.3, 0.4) is 0 Å². The minimum atomic E-state index is -1.10. The van der Waals surface area contributed by atoms with Crippen LogP contribution in [0.5, 0.6) is 5.75 Å². The van der Waals surface area contributed by atoms with Crippen LogP contribution in [0.2, 0.25) is 5.15 Å². The van der Waals surface area contributed by atoms with Gasteiger partial charge in [0, 0.05) is 24.1 Å². The third kappa shape index (κ3) is 5.38. The van der Waals surface area contributed by atoms with Gasteiger partial charge in [-0.1, -0.05) is 41.9 Å². The van der Waals surface area contributed by atoms with Gasteiger partial charge in [-0.25, -0.2) is 14.6 Å². The molecule has 29 heavy (non-hydrogen) atoms. The molecule has 154 valence electrons. The van der Waals surface area contributed by atoms with Gasteiger partial charge < -0.3 is 14.6 Å². The maximum absolute atomic E-state index is 12.4. The number of pyridine rings is 1. The molecule has 2 heterocycles. The fourth-order valence-electron chi connectivity index (χ4n) is 3.13. The number of likely N-dealkylation sites (tertiary alicyclic amines) is 1. The van der Waals surface area contributed by atoms with E-state index in [1.54, 1.807) is 32.9 Å². The zero-order valence-electron chi connectivity index (χ0n) is 16.5. The molecule has 0 spiro atoms. The average molecular weight is 419 g/mol. The maximum atomic E-state index is 12.4. The van der Waals surface area contributed by atoms with E-state index in [1.807, 2.05) is 30.3 Å². The number of hydrogen-bond acceptors (Lipinski definition) is 5. The zero-order chi connectivity index (χ0) is 21.2. The SMILES string of the molecule is CC(C)(C)OC(=O)N1CC(Oc2cc(Cl)nc(-c3ccccc3)c2)C[C@H]1C(=O)O. The van der Waals surface area contributed by atoms with Gasteiger partial charge >= 0.3 is 12.1 Å². The normalized spacial score (nSPS) is 19.1. The lowest BCUT2D eigenvalue weighted by atomic mass is 10.1. The van der Waals surface area contributed by atoms with E-state index in [9.17, 15) is 14.7 Å². The average Bonchev–Trinajstić information content (AvgIpc) is 3.05. The minimum Gasteiger partial charge on any atom is -0.488 e. The Hall–Kier alpha value is -2.80. The second-order valence-electron chi connectivity index (χ2n) is 7.84. The molecule has 0 saturated carbocycles. The smallest absolute Gasteiger partial charge is 0.411 e. The third-order valence-corrected chi connectivity index (χ3v) is 4.51. The summed E-state index contributed by atoms with van der Waals surface area (Å²) in [5.74, 6) is -0.635. The molecular weight excluding hydrogens is 396 g/mol. The zero-order valence-corrected chi connectivity index (χ0v) is 17.2. The largest absolute Gasteiger partial charge is 0.488 e. The Morgan fingerprint density at radius 1 is 1.21 bits per heavy atom. The molecule has 0 aliphatic carbocycles. The van der Waals surface area contributed by atoms with Gasteiger partial charge in [0.2, 0.25) is 0 Å². The Morgan fingerprint density at radius 3 is 2.52 bits per heavy atom. The number of benzene rings is 1. The lowest BCUT2D eigenvalue weighted by molar-refractivity contribution is -0.142. The summed E-state index contributed by atoms with van der Waals surface area (Å²) in [4.78, 5) is 29.6. The first-order chi connectivity index (χ1) is 13.6. The van der Waals surface area contributed by atoms with Gasteiger partial charge in [-0.05, 0) is 20.8 Å². The second-order valence-corrected chi connectivity index (χ2v) is 8.23. The molecule has 0 radical (unpaired) electrons. The van der Waals surface area contributed by atoms with Crippen molar-refractivity contribution in [2.75, 3.05) is 6.54 Å². The quantitative estimate of drug-likeness (QED) is 0.747. The number of carbonyl (C=O) groups excluding carboxylic acids is 1. The van der Waals surface area contributed by atoms with Crippen molar-refractivity contribution in [3.63, 3.8) is 0 Å². The van der Waals surface area contributed by atoms with E-state index >= 15 is 0 Å². The van der Waals surface area contributed by atoms with Crippen molar-refractivity contribution in [3.8, 4) is 17.0 Å². The fraction of sp³-hybridized carbons (Fsp3) is 0.381. The molecule has 8 heteroatoms. The number of carbonyl (C=O) groups is 2. The molecule has 1 aromatic carbocycles. The van der Waals surface area contributed by atoms with Crippen LogP contribution in [-0.4, -0.2) is 51.3 Å². The molecule has 2 atom stereocenters.